The van der Waals surface area contributed by atoms with Crippen molar-refractivity contribution in [3.8, 4) is 0 Å². The summed E-state index contributed by atoms with van der Waals surface area (Å²) in [7, 11) is -20.3. The van der Waals surface area contributed by atoms with Gasteiger partial charge in [0.05, 0.1) is 89.1 Å². The average molecular weight is 2060 g/mol. The highest BCUT2D eigenvalue weighted by atomic mass is 32.7. The minimum Gasteiger partial charge on any atom is -0.398 e. The molecule has 12 aromatic heterocycles. The Morgan fingerprint density at radius 2 is 0.824 bits per heavy atom. The van der Waals surface area contributed by atoms with Gasteiger partial charge >= 0.3 is 44.8 Å². The Bertz CT molecular complexity index is 7200. The minimum absolute atomic E-state index is 0.00823. The predicted molar refractivity (Wildman–Crippen MR) is 457 cm³/mol. The van der Waals surface area contributed by atoms with Gasteiger partial charge in [0.25, 0.3) is 16.7 Å². The van der Waals surface area contributed by atoms with Crippen LogP contribution in [0.25, 0.3) is 66.9 Å². The molecule has 9 fully saturated rings. The Balaban J connectivity index is 0.000000131. The van der Waals surface area contributed by atoms with Crippen LogP contribution in [0.5, 0.6) is 0 Å². The minimum atomic E-state index is -5.15. The van der Waals surface area contributed by atoms with Gasteiger partial charge in [-0.3, -0.25) is 107 Å². The zero-order valence-corrected chi connectivity index (χ0v) is 75.8. The van der Waals surface area contributed by atoms with Gasteiger partial charge in [0.1, 0.15) is 120 Å². The number of anilines is 5. The Kier molecular flexibility index (Phi) is 25.5. The van der Waals surface area contributed by atoms with E-state index in [1.54, 1.807) is 22.9 Å². The maximum Gasteiger partial charge on any atom is 0.472 e. The molecule has 9 aliphatic rings. The van der Waals surface area contributed by atoms with Gasteiger partial charge in [-0.15, -0.1) is 0 Å². The maximum atomic E-state index is 13.5. The number of carbonyl (C=O) groups is 1. The zero-order chi connectivity index (χ0) is 96.2. The van der Waals surface area contributed by atoms with Crippen molar-refractivity contribution in [2.45, 2.75) is 154 Å². The number of Topliss-reactive ketones (excluding diaryl/α,β-unsaturated/α-hetero) is 1. The van der Waals surface area contributed by atoms with Crippen molar-refractivity contribution in [3.05, 3.63) is 112 Å². The van der Waals surface area contributed by atoms with Gasteiger partial charge in [-0.25, -0.2) is 67.7 Å². The summed E-state index contributed by atoms with van der Waals surface area (Å²) in [6.07, 6.45) is -19.0. The first-order valence-electron chi connectivity index (χ1n) is 39.9. The molecular weight excluding hydrogens is 1980 g/mol. The van der Waals surface area contributed by atoms with E-state index in [0.717, 1.165) is 23.5 Å². The number of ether oxygens (including phenoxy) is 6. The number of nitrogen functional groups attached to an aromatic ring is 5. The second-order valence-corrected chi connectivity index (χ2v) is 42.6. The van der Waals surface area contributed by atoms with Crippen LogP contribution in [0.2, 0.25) is 0 Å². The summed E-state index contributed by atoms with van der Waals surface area (Å²) in [5, 5.41) is 45.3. The number of aromatic nitrogens is 21. The molecule has 730 valence electrons. The summed E-state index contributed by atoms with van der Waals surface area (Å²) in [5.41, 5.74) is 34.8. The molecule has 136 heavy (non-hydrogen) atoms. The molecule has 12 aromatic rings. The summed E-state index contributed by atoms with van der Waals surface area (Å²) in [6.45, 7) is -10.8. The molecule has 21 heterocycles. The van der Waals surface area contributed by atoms with E-state index in [0.29, 0.717) is 27.9 Å². The number of ketones is 1. The summed E-state index contributed by atoms with van der Waals surface area (Å²) >= 11 is 9.44. The Morgan fingerprint density at radius 1 is 0.419 bits per heavy atom. The van der Waals surface area contributed by atoms with Gasteiger partial charge in [0.2, 0.25) is 17.8 Å². The molecular formula is C65H77N27O36P6S2. The highest BCUT2D eigenvalue weighted by molar-refractivity contribution is 8.44. The third-order valence-corrected chi connectivity index (χ3v) is 29.7. The molecule has 9 saturated heterocycles. The number of hydrogen-bond acceptors (Lipinski definition) is 50. The largest absolute Gasteiger partial charge is 0.472 e. The number of aliphatic hydroxyl groups excluding tert-OH is 4. The number of nitrogens with two attached hydrogens (primary N) is 6. The van der Waals surface area contributed by atoms with Gasteiger partial charge < -0.3 is 117 Å². The van der Waals surface area contributed by atoms with E-state index >= 15 is 0 Å². The molecule has 0 aliphatic carbocycles. The predicted octanol–water partition coefficient (Wildman–Crippen LogP) is -2.54. The number of carbonyl (C=O) groups excluding carboxylic acids is 1. The summed E-state index contributed by atoms with van der Waals surface area (Å²) in [6, 6.07) is 3.60. The average Bonchev–Trinajstić information content (AvgIpc) is 1.62. The van der Waals surface area contributed by atoms with Crippen LogP contribution in [-0.2, 0) is 117 Å². The molecule has 29 atom stereocenters. The molecule has 0 amide bonds. The van der Waals surface area contributed by atoms with Crippen LogP contribution in [0.15, 0.2) is 89.1 Å². The van der Waals surface area contributed by atoms with Crippen molar-refractivity contribution < 1.29 is 155 Å². The molecule has 24 N–H and O–H groups in total. The fraction of sp³-hybridized carbons (Fsp3) is 0.477. The number of nitrogens with one attached hydrogen (secondary N) is 3. The van der Waals surface area contributed by atoms with E-state index in [9.17, 15) is 86.9 Å². The second kappa shape index (κ2) is 36.4. The summed E-state index contributed by atoms with van der Waals surface area (Å²) in [5.74, 6) is -1.11. The standard InChI is InChI=1S/C22H25N9O14P2.C22H26N8O10P2S2.C21H26N10O12P2/c1-7(32)10-11-17(25-4-24-10)30(5-26-11)20-14(34)15-9(43-20)3-41-47(38,39)45-16-13(33)8(2-40-46(36,37)44-15)42-21(16)31-6-27-12-18(31)28-22(23)29-19(12)35;23-11-1-3-25-17-10(11)2-4-29(17)21-15(31)16-13(38-21)7-36-41(33,43)39-12-5-9(6-35-42(34,44)40-16)37-20(12)30-8-26-14-18(30)27-22(24)28-19(14)32;22-7-1-2-25-16-11(7)26-5-30(16)19-13(32)14-9(41-19)4-39-45(36,37)43-15-10(23)8(3-38-44(34,35)42-14)40-20(15)31-6-27-12-17(31)28-21(24)29-18(12)33/h4-6,8-9,13-16,20-21,33-34H,2-3H2,1H3,(H,36,37)(H,38,39)(H3,23,28,29,35);1-4,8-9,12-13,15-16,20-21,31H,5-7H2,(H2,23,25)(H,33,43)(H,34,44)(H3,24,27,28,32);1-2,5-6,8-10,13-15,19-20,32H,3-4,23H2,(H2,22,25)(H,34,35)(H,36,37)(H3,24,28,29,33)/t8-,9-,13-,14-,15-,16-,20-,21-;9?,12-,13-,15-,16-,20-,21-,41?,42?;8-,9-,10-,13-,14-,15-,19-,20-/m111/s1. The first-order chi connectivity index (χ1) is 64.4. The van der Waals surface area contributed by atoms with E-state index in [-0.39, 0.29) is 86.9 Å². The van der Waals surface area contributed by atoms with Crippen molar-refractivity contribution in [3.63, 3.8) is 0 Å². The first kappa shape index (κ1) is 95.5. The lowest BCUT2D eigenvalue weighted by atomic mass is 10.1. The smallest absolute Gasteiger partial charge is 0.398 e. The summed E-state index contributed by atoms with van der Waals surface area (Å²) in [4.78, 5) is 159. The van der Waals surface area contributed by atoms with E-state index in [2.05, 4.69) is 87.0 Å². The number of fused-ring (bicyclic) bond motifs is 15. The molecule has 0 radical (unpaired) electrons. The highest BCUT2D eigenvalue weighted by Crippen LogP contribution is 2.61. The number of aliphatic hydroxyl groups is 4. The van der Waals surface area contributed by atoms with Crippen molar-refractivity contribution in [2.75, 3.05) is 68.3 Å². The molecule has 7 unspecified atom stereocenters. The van der Waals surface area contributed by atoms with Gasteiger partial charge in [-0.1, -0.05) is 12.2 Å². The quantitative estimate of drug-likeness (QED) is 0.0444. The first-order valence-corrected chi connectivity index (χ1v) is 51.2. The molecule has 0 aromatic carbocycles. The molecule has 9 aliphatic heterocycles. The number of imidazole rings is 5. The van der Waals surface area contributed by atoms with Gasteiger partial charge in [0.15, 0.2) is 87.9 Å². The number of aromatic amines is 3. The van der Waals surface area contributed by atoms with Gasteiger partial charge in [-0.2, -0.15) is 15.0 Å². The maximum absolute atomic E-state index is 13.5. The number of rotatable bonds is 7. The van der Waals surface area contributed by atoms with Crippen LogP contribution in [0.3, 0.4) is 0 Å². The Labute approximate surface area is 764 Å². The lowest BCUT2D eigenvalue weighted by Crippen LogP contribution is -2.42. The van der Waals surface area contributed by atoms with E-state index < -0.39 is 241 Å². The summed E-state index contributed by atoms with van der Waals surface area (Å²) < 4.78 is 174. The van der Waals surface area contributed by atoms with Crippen LogP contribution in [0.4, 0.5) is 29.2 Å². The number of phosphoric ester groups is 4. The van der Waals surface area contributed by atoms with Crippen LogP contribution >= 0.6 is 57.1 Å². The zero-order valence-electron chi connectivity index (χ0n) is 68.8. The highest BCUT2D eigenvalue weighted by Gasteiger charge is 2.58. The van der Waals surface area contributed by atoms with Gasteiger partial charge in [-0.05, 0) is 30.0 Å². The van der Waals surface area contributed by atoms with Crippen molar-refractivity contribution >= 4 is 171 Å². The van der Waals surface area contributed by atoms with Crippen LogP contribution in [0, 0.1) is 0 Å². The fourth-order valence-electron chi connectivity index (χ4n) is 16.5. The fourth-order valence-corrected chi connectivity index (χ4v) is 23.3. The number of nitrogens with zero attached hydrogens (tertiary/aromatic N) is 18. The third kappa shape index (κ3) is 18.5. The number of phosphoric acid groups is 4. The van der Waals surface area contributed by atoms with Crippen LogP contribution in [-0.4, -0.2) is 296 Å². The molecule has 0 saturated carbocycles. The van der Waals surface area contributed by atoms with Crippen molar-refractivity contribution in [2.24, 2.45) is 5.73 Å². The normalized spacial score (nSPS) is 36.9. The molecule has 0 spiro atoms. The second-order valence-electron chi connectivity index (χ2n) is 31.3. The lowest BCUT2D eigenvalue weighted by molar-refractivity contribution is -0.0672. The number of pyridine rings is 2. The Hall–Kier alpha value is -9.39. The number of hydrogen-bond donors (Lipinski definition) is 19. The van der Waals surface area contributed by atoms with Crippen molar-refractivity contribution in [1.29, 1.82) is 0 Å². The van der Waals surface area contributed by atoms with Crippen molar-refractivity contribution in [1.82, 2.24) is 102 Å². The van der Waals surface area contributed by atoms with Crippen LogP contribution < -0.4 is 51.1 Å². The van der Waals surface area contributed by atoms with E-state index in [1.807, 2.05) is 0 Å². The van der Waals surface area contributed by atoms with E-state index in [1.165, 1.54) is 62.6 Å². The molecule has 71 heteroatoms. The topological polar surface area (TPSA) is 890 Å². The SMILES string of the molecule is CC(=O)c1ncnc2c1ncn2[C@@H]1O[C@@H]2COP(=O)(O)O[C@@H]3[C@H](O)[C@@H](COP(=O)(O)O[C@H]2[C@H]1O)O[C@H]3n1cnc2c(=O)[nH]c(N)nc21.Nc1nc2c(ncn2[C@@H]2OC3COP(O)(=S)O[C@H]4[C@@H](O)[C@H](n5ccc6c(N)ccnc65)O[C@@H]4COP(=O)(S)O[C@@H]2C3)c(=O)[nH]1.Nc1nc2c(ncn2[C@@H]2O[C@@H]3COP(=O)(O)O[C@H]4[C@@H](O)[C@H](n5cnc6c(N)ccnc65)O[C@@H]4COP(=O)(O)O[C@@H]2[C@@H]3N)c(=O)[nH]1. The molecule has 6 bridgehead atoms. The lowest BCUT2D eigenvalue weighted by Gasteiger charge is -2.27. The number of thiol groups is 1. The molecule has 63 nitrogen and oxygen atoms in total. The third-order valence-electron chi connectivity index (χ3n) is 22.6. The molecule has 21 rings (SSSR count). The Morgan fingerprint density at radius 3 is 1.35 bits per heavy atom. The number of H-pyrrole nitrogens is 3. The van der Waals surface area contributed by atoms with Crippen LogP contribution in [0.1, 0.15) is 61.2 Å². The van der Waals surface area contributed by atoms with Gasteiger partial charge in [0, 0.05) is 43.0 Å². The monoisotopic (exact) mass is 2060 g/mol. The van der Waals surface area contributed by atoms with E-state index in [4.69, 9.17) is 129 Å².